The van der Waals surface area contributed by atoms with Gasteiger partial charge < -0.3 is 14.6 Å². The highest BCUT2D eigenvalue weighted by molar-refractivity contribution is 5.76. The molecule has 0 aliphatic heterocycles. The molecule has 1 heterocycles. The Morgan fingerprint density at radius 3 is 2.73 bits per heavy atom. The third-order valence-corrected chi connectivity index (χ3v) is 3.96. The fraction of sp³-hybridized carbons (Fsp3) is 0.722. The molecule has 1 aromatic rings. The van der Waals surface area contributed by atoms with E-state index in [-0.39, 0.29) is 11.8 Å². The van der Waals surface area contributed by atoms with Crippen LogP contribution in [0.4, 0.5) is 0 Å². The first kappa shape index (κ1) is 18.8. The van der Waals surface area contributed by atoms with Gasteiger partial charge in [-0.05, 0) is 18.6 Å². The van der Waals surface area contributed by atoms with Crippen molar-refractivity contribution in [2.24, 2.45) is 0 Å². The van der Waals surface area contributed by atoms with E-state index in [1.165, 1.54) is 24.2 Å². The minimum absolute atomic E-state index is 0.144. The van der Waals surface area contributed by atoms with Crippen LogP contribution in [-0.2, 0) is 4.79 Å². The molecular formula is C18H33N2O2+. The number of nitrogens with one attached hydrogen (secondary N) is 2. The van der Waals surface area contributed by atoms with Crippen LogP contribution >= 0.6 is 0 Å². The van der Waals surface area contributed by atoms with E-state index in [4.69, 9.17) is 4.42 Å². The smallest absolute Gasteiger partial charge is 0.220 e. The fourth-order valence-corrected chi connectivity index (χ4v) is 2.65. The molecule has 0 aromatic carbocycles. The zero-order chi connectivity index (χ0) is 16.2. The summed E-state index contributed by atoms with van der Waals surface area (Å²) < 4.78 is 5.53. The number of unbranched alkanes of at least 4 members (excludes halogenated alkanes) is 3. The van der Waals surface area contributed by atoms with Crippen LogP contribution in [0.3, 0.4) is 0 Å². The van der Waals surface area contributed by atoms with Crippen LogP contribution in [0.5, 0.6) is 0 Å². The van der Waals surface area contributed by atoms with Crippen molar-refractivity contribution >= 4 is 5.91 Å². The van der Waals surface area contributed by atoms with Gasteiger partial charge >= 0.3 is 0 Å². The predicted molar refractivity (Wildman–Crippen MR) is 90.1 cm³/mol. The van der Waals surface area contributed by atoms with E-state index in [0.29, 0.717) is 6.42 Å². The Hall–Kier alpha value is -1.29. The van der Waals surface area contributed by atoms with Gasteiger partial charge in [0.1, 0.15) is 5.76 Å². The summed E-state index contributed by atoms with van der Waals surface area (Å²) in [4.78, 5) is 13.5. The Morgan fingerprint density at radius 1 is 1.27 bits per heavy atom. The number of carbonyl (C=O) groups excluding carboxylic acids is 1. The molecule has 1 rings (SSSR count). The molecule has 2 N–H and O–H groups in total. The van der Waals surface area contributed by atoms with E-state index >= 15 is 0 Å². The van der Waals surface area contributed by atoms with E-state index in [1.807, 2.05) is 12.1 Å². The molecule has 0 fully saturated rings. The quantitative estimate of drug-likeness (QED) is 0.582. The molecule has 22 heavy (non-hydrogen) atoms. The molecule has 0 saturated heterocycles. The van der Waals surface area contributed by atoms with Gasteiger partial charge in [0.05, 0.1) is 26.9 Å². The summed E-state index contributed by atoms with van der Waals surface area (Å²) in [6, 6.07) is 3.90. The first-order chi connectivity index (χ1) is 10.6. The summed E-state index contributed by atoms with van der Waals surface area (Å²) in [6.45, 7) is 4.07. The summed E-state index contributed by atoms with van der Waals surface area (Å²) in [5.74, 6) is 1.31. The highest BCUT2D eigenvalue weighted by Crippen LogP contribution is 2.26. The van der Waals surface area contributed by atoms with E-state index in [9.17, 15) is 4.79 Å². The van der Waals surface area contributed by atoms with Crippen LogP contribution in [0, 0.1) is 0 Å². The number of amides is 1. The van der Waals surface area contributed by atoms with Gasteiger partial charge in [0.2, 0.25) is 5.91 Å². The van der Waals surface area contributed by atoms with Crippen molar-refractivity contribution in [3.05, 3.63) is 24.2 Å². The molecule has 4 heteroatoms. The van der Waals surface area contributed by atoms with Gasteiger partial charge in [-0.25, -0.2) is 0 Å². The summed E-state index contributed by atoms with van der Waals surface area (Å²) in [5, 5.41) is 3.04. The molecule has 0 saturated carbocycles. The van der Waals surface area contributed by atoms with Gasteiger partial charge in [0, 0.05) is 25.3 Å². The molecule has 1 aromatic heterocycles. The second kappa shape index (κ2) is 11.3. The van der Waals surface area contributed by atoms with Crippen LogP contribution in [0.2, 0.25) is 0 Å². The molecule has 0 aliphatic carbocycles. The Balaban J connectivity index is 2.35. The van der Waals surface area contributed by atoms with Crippen molar-refractivity contribution in [2.45, 2.75) is 57.8 Å². The Kier molecular flexibility index (Phi) is 9.64. The van der Waals surface area contributed by atoms with Crippen molar-refractivity contribution in [1.29, 1.82) is 0 Å². The third kappa shape index (κ3) is 8.23. The zero-order valence-corrected chi connectivity index (χ0v) is 14.5. The summed E-state index contributed by atoms with van der Waals surface area (Å²) in [6.07, 6.45) is 9.19. The molecule has 1 atom stereocenters. The molecule has 126 valence electrons. The molecular weight excluding hydrogens is 276 g/mol. The molecule has 0 bridgehead atoms. The lowest BCUT2D eigenvalue weighted by atomic mass is 9.94. The first-order valence-corrected chi connectivity index (χ1v) is 8.72. The number of rotatable bonds is 12. The Morgan fingerprint density at radius 2 is 2.09 bits per heavy atom. The predicted octanol–water partition coefficient (Wildman–Crippen LogP) is 2.37. The summed E-state index contributed by atoms with van der Waals surface area (Å²) >= 11 is 0. The van der Waals surface area contributed by atoms with Crippen LogP contribution in [0.15, 0.2) is 22.8 Å². The lowest BCUT2D eigenvalue weighted by Gasteiger charge is -2.15. The van der Waals surface area contributed by atoms with E-state index in [0.717, 1.165) is 38.1 Å². The SMILES string of the molecule is CCCCCC[C@@H](CC(=O)NCCC[NH+](C)C)c1ccco1. The average Bonchev–Trinajstić information content (AvgIpc) is 3.01. The zero-order valence-electron chi connectivity index (χ0n) is 14.5. The van der Waals surface area contributed by atoms with Crippen molar-refractivity contribution in [3.8, 4) is 0 Å². The van der Waals surface area contributed by atoms with Crippen LogP contribution in [-0.4, -0.2) is 33.1 Å². The minimum Gasteiger partial charge on any atom is -0.469 e. The first-order valence-electron chi connectivity index (χ1n) is 8.72. The van der Waals surface area contributed by atoms with Crippen LogP contribution < -0.4 is 10.2 Å². The number of hydrogen-bond donors (Lipinski definition) is 2. The number of quaternary nitrogens is 1. The molecule has 0 spiro atoms. The third-order valence-electron chi connectivity index (χ3n) is 3.96. The maximum absolute atomic E-state index is 12.1. The van der Waals surface area contributed by atoms with Crippen molar-refractivity contribution < 1.29 is 14.1 Å². The Labute approximate surface area is 135 Å². The Bertz CT molecular complexity index is 388. The molecule has 1 amide bonds. The normalized spacial score (nSPS) is 12.5. The maximum atomic E-state index is 12.1. The van der Waals surface area contributed by atoms with Crippen molar-refractivity contribution in [1.82, 2.24) is 5.32 Å². The molecule has 4 nitrogen and oxygen atoms in total. The highest BCUT2D eigenvalue weighted by Gasteiger charge is 2.18. The summed E-state index contributed by atoms with van der Waals surface area (Å²) in [7, 11) is 4.26. The number of furan rings is 1. The number of hydrogen-bond acceptors (Lipinski definition) is 2. The van der Waals surface area contributed by atoms with Crippen molar-refractivity contribution in [2.75, 3.05) is 27.2 Å². The maximum Gasteiger partial charge on any atom is 0.220 e. The van der Waals surface area contributed by atoms with Gasteiger partial charge in [-0.15, -0.1) is 0 Å². The number of carbonyl (C=O) groups is 1. The fourth-order valence-electron chi connectivity index (χ4n) is 2.65. The van der Waals surface area contributed by atoms with Gasteiger partial charge in [-0.1, -0.05) is 32.6 Å². The van der Waals surface area contributed by atoms with Crippen molar-refractivity contribution in [3.63, 3.8) is 0 Å². The molecule has 0 unspecified atom stereocenters. The van der Waals surface area contributed by atoms with E-state index < -0.39 is 0 Å². The topological polar surface area (TPSA) is 46.7 Å². The standard InChI is InChI=1S/C18H32N2O2/c1-4-5-6-7-10-16(17-11-8-14-22-17)15-18(21)19-12-9-13-20(2)3/h8,11,14,16H,4-7,9-10,12-13,15H2,1-3H3,(H,19,21)/p+1/t16-/m0/s1. The second-order valence-electron chi connectivity index (χ2n) is 6.43. The summed E-state index contributed by atoms with van der Waals surface area (Å²) in [5.41, 5.74) is 0. The lowest BCUT2D eigenvalue weighted by molar-refractivity contribution is -0.858. The monoisotopic (exact) mass is 309 g/mol. The largest absolute Gasteiger partial charge is 0.469 e. The second-order valence-corrected chi connectivity index (χ2v) is 6.43. The highest BCUT2D eigenvalue weighted by atomic mass is 16.3. The molecule has 0 radical (unpaired) electrons. The van der Waals surface area contributed by atoms with Crippen LogP contribution in [0.25, 0.3) is 0 Å². The van der Waals surface area contributed by atoms with Gasteiger partial charge in [-0.3, -0.25) is 4.79 Å². The van der Waals surface area contributed by atoms with Gasteiger partial charge in [0.25, 0.3) is 0 Å². The minimum atomic E-state index is 0.144. The average molecular weight is 309 g/mol. The van der Waals surface area contributed by atoms with E-state index in [1.54, 1.807) is 6.26 Å². The lowest BCUT2D eigenvalue weighted by Crippen LogP contribution is -3.05. The van der Waals surface area contributed by atoms with E-state index in [2.05, 4.69) is 26.3 Å². The molecule has 0 aliphatic rings. The van der Waals surface area contributed by atoms with Gasteiger partial charge in [-0.2, -0.15) is 0 Å². The van der Waals surface area contributed by atoms with Gasteiger partial charge in [0.15, 0.2) is 0 Å². The van der Waals surface area contributed by atoms with Crippen LogP contribution in [0.1, 0.15) is 63.5 Å².